The van der Waals surface area contributed by atoms with Crippen molar-refractivity contribution in [1.29, 1.82) is 0 Å². The normalized spacial score (nSPS) is 21.1. The fourth-order valence-corrected chi connectivity index (χ4v) is 6.81. The van der Waals surface area contributed by atoms with Crippen molar-refractivity contribution in [2.24, 2.45) is 11.8 Å². The average molecular weight is 579 g/mol. The van der Waals surface area contributed by atoms with E-state index in [0.29, 0.717) is 25.0 Å². The molecule has 0 amide bonds. The number of benzene rings is 2. The molecule has 1 aliphatic heterocycles. The fraction of sp³-hybridized carbons (Fsp3) is 0.515. The predicted octanol–water partition coefficient (Wildman–Crippen LogP) is 7.07. The van der Waals surface area contributed by atoms with Gasteiger partial charge in [-0.25, -0.2) is 4.79 Å². The number of ether oxygens (including phenoxy) is 3. The third-order valence-electron chi connectivity index (χ3n) is 8.01. The highest BCUT2D eigenvalue weighted by Crippen LogP contribution is 2.41. The molecule has 1 atom stereocenters. The summed E-state index contributed by atoms with van der Waals surface area (Å²) < 4.78 is 19.4. The standard InChI is InChI=1S/C33H42N2O5S/c1-24-8-7-11-28(20-24)31-32(27-9-3-2-4-10-27)35(21-25-13-15-26(16-14-25)22-38-23-29(36)37)34-33(31)41-19-18-40-30-12-5-6-17-39-30/h2-4,7-11,20,25-26,30H,5-6,12-19,21-23H2,1H3,(H,36,37). The molecule has 1 aliphatic carbocycles. The molecular formula is C33H42N2O5S. The number of nitrogens with zero attached hydrogens (tertiary/aromatic N) is 2. The molecular weight excluding hydrogens is 536 g/mol. The topological polar surface area (TPSA) is 82.8 Å². The molecule has 2 aliphatic rings. The van der Waals surface area contributed by atoms with Crippen LogP contribution < -0.4 is 0 Å². The number of carbonyl (C=O) groups is 1. The molecule has 1 saturated heterocycles. The Kier molecular flexibility index (Phi) is 10.9. The molecule has 0 spiro atoms. The van der Waals surface area contributed by atoms with Gasteiger partial charge in [0, 0.05) is 30.0 Å². The van der Waals surface area contributed by atoms with E-state index in [9.17, 15) is 4.79 Å². The minimum absolute atomic E-state index is 0.0808. The highest BCUT2D eigenvalue weighted by molar-refractivity contribution is 7.99. The molecule has 5 rings (SSSR count). The average Bonchev–Trinajstić information content (AvgIpc) is 3.35. The Morgan fingerprint density at radius 2 is 1.80 bits per heavy atom. The zero-order valence-electron chi connectivity index (χ0n) is 24.0. The number of carboxylic acid groups (broad SMARTS) is 1. The molecule has 2 aromatic carbocycles. The van der Waals surface area contributed by atoms with Crippen LogP contribution in [-0.2, 0) is 25.5 Å². The van der Waals surface area contributed by atoms with Crippen molar-refractivity contribution in [1.82, 2.24) is 9.78 Å². The molecule has 1 N–H and O–H groups in total. The van der Waals surface area contributed by atoms with Gasteiger partial charge in [-0.1, -0.05) is 60.2 Å². The smallest absolute Gasteiger partial charge is 0.329 e. The van der Waals surface area contributed by atoms with Crippen LogP contribution in [0.1, 0.15) is 50.5 Å². The summed E-state index contributed by atoms with van der Waals surface area (Å²) in [6, 6.07) is 19.3. The van der Waals surface area contributed by atoms with E-state index in [1.165, 1.54) is 27.9 Å². The van der Waals surface area contributed by atoms with Crippen molar-refractivity contribution in [2.75, 3.05) is 32.2 Å². The van der Waals surface area contributed by atoms with Crippen LogP contribution in [0.5, 0.6) is 0 Å². The van der Waals surface area contributed by atoms with Gasteiger partial charge in [-0.3, -0.25) is 4.68 Å². The van der Waals surface area contributed by atoms with Crippen molar-refractivity contribution < 1.29 is 24.1 Å². The van der Waals surface area contributed by atoms with E-state index < -0.39 is 5.97 Å². The molecule has 3 aromatic rings. The Morgan fingerprint density at radius 1 is 1.02 bits per heavy atom. The lowest BCUT2D eigenvalue weighted by Gasteiger charge is -2.28. The summed E-state index contributed by atoms with van der Waals surface area (Å²) in [6.07, 6.45) is 7.46. The third kappa shape index (κ3) is 8.44. The van der Waals surface area contributed by atoms with Gasteiger partial charge >= 0.3 is 5.97 Å². The van der Waals surface area contributed by atoms with Gasteiger partial charge in [0.1, 0.15) is 11.6 Å². The van der Waals surface area contributed by atoms with Gasteiger partial charge in [0.05, 0.1) is 18.9 Å². The SMILES string of the molecule is Cc1cccc(-c2c(SCCOC3CCCCO3)nn(CC3CCC(COCC(=O)O)CC3)c2-c2ccccc2)c1. The number of aryl methyl sites for hydroxylation is 1. The zero-order valence-corrected chi connectivity index (χ0v) is 24.8. The molecule has 2 fully saturated rings. The number of aliphatic carboxylic acids is 1. The predicted molar refractivity (Wildman–Crippen MR) is 162 cm³/mol. The summed E-state index contributed by atoms with van der Waals surface area (Å²) in [5, 5.41) is 15.2. The highest BCUT2D eigenvalue weighted by Gasteiger charge is 2.26. The van der Waals surface area contributed by atoms with Crippen LogP contribution in [0.15, 0.2) is 59.6 Å². The third-order valence-corrected chi connectivity index (χ3v) is 8.94. The van der Waals surface area contributed by atoms with E-state index in [0.717, 1.165) is 68.9 Å². The molecule has 7 nitrogen and oxygen atoms in total. The maximum Gasteiger partial charge on any atom is 0.329 e. The second-order valence-corrected chi connectivity index (χ2v) is 12.3. The second kappa shape index (κ2) is 15.0. The molecule has 1 saturated carbocycles. The minimum atomic E-state index is -0.905. The van der Waals surface area contributed by atoms with E-state index in [4.69, 9.17) is 24.4 Å². The largest absolute Gasteiger partial charge is 0.480 e. The molecule has 220 valence electrons. The first-order valence-corrected chi connectivity index (χ1v) is 15.9. The molecule has 0 radical (unpaired) electrons. The van der Waals surface area contributed by atoms with Crippen molar-refractivity contribution in [3.63, 3.8) is 0 Å². The summed E-state index contributed by atoms with van der Waals surface area (Å²) in [7, 11) is 0. The number of carboxylic acids is 1. The molecule has 2 heterocycles. The first-order chi connectivity index (χ1) is 20.1. The Balaban J connectivity index is 1.36. The van der Waals surface area contributed by atoms with Crippen LogP contribution in [0.3, 0.4) is 0 Å². The van der Waals surface area contributed by atoms with Crippen molar-refractivity contribution >= 4 is 17.7 Å². The van der Waals surface area contributed by atoms with Crippen molar-refractivity contribution in [3.8, 4) is 22.4 Å². The van der Waals surface area contributed by atoms with Crippen molar-refractivity contribution in [2.45, 2.75) is 69.7 Å². The van der Waals surface area contributed by atoms with Crippen LogP contribution in [-0.4, -0.2) is 59.3 Å². The first kappa shape index (κ1) is 29.8. The monoisotopic (exact) mass is 578 g/mol. The fourth-order valence-electron chi connectivity index (χ4n) is 5.92. The lowest BCUT2D eigenvalue weighted by molar-refractivity contribution is -0.158. The van der Waals surface area contributed by atoms with E-state index >= 15 is 0 Å². The van der Waals surface area contributed by atoms with E-state index in [1.54, 1.807) is 11.8 Å². The zero-order chi connectivity index (χ0) is 28.4. The number of aromatic nitrogens is 2. The lowest BCUT2D eigenvalue weighted by Crippen LogP contribution is -2.23. The molecule has 1 unspecified atom stereocenters. The summed E-state index contributed by atoms with van der Waals surface area (Å²) in [5.41, 5.74) is 5.95. The lowest BCUT2D eigenvalue weighted by atomic mass is 9.82. The number of hydrogen-bond acceptors (Lipinski definition) is 6. The van der Waals surface area contributed by atoms with Crippen LogP contribution in [0.4, 0.5) is 0 Å². The van der Waals surface area contributed by atoms with Crippen LogP contribution in [0.25, 0.3) is 22.4 Å². The Hall–Kier alpha value is -2.65. The summed E-state index contributed by atoms with van der Waals surface area (Å²) in [6.45, 7) is 4.73. The molecule has 8 heteroatoms. The Bertz CT molecular complexity index is 1250. The molecule has 1 aromatic heterocycles. The number of thioether (sulfide) groups is 1. The second-order valence-electron chi connectivity index (χ2n) is 11.3. The van der Waals surface area contributed by atoms with Crippen molar-refractivity contribution in [3.05, 3.63) is 60.2 Å². The highest BCUT2D eigenvalue weighted by atomic mass is 32.2. The molecule has 0 bridgehead atoms. The van der Waals surface area contributed by atoms with Gasteiger partial charge < -0.3 is 19.3 Å². The van der Waals surface area contributed by atoms with E-state index in [2.05, 4.69) is 66.2 Å². The van der Waals surface area contributed by atoms with Gasteiger partial charge in [0.15, 0.2) is 6.29 Å². The number of hydrogen-bond donors (Lipinski definition) is 1. The van der Waals surface area contributed by atoms with Gasteiger partial charge in [-0.05, 0) is 69.3 Å². The summed E-state index contributed by atoms with van der Waals surface area (Å²) in [4.78, 5) is 10.8. The summed E-state index contributed by atoms with van der Waals surface area (Å²) >= 11 is 1.76. The maximum atomic E-state index is 10.8. The van der Waals surface area contributed by atoms with Crippen LogP contribution in [0, 0.1) is 18.8 Å². The first-order valence-electron chi connectivity index (χ1n) is 15.0. The maximum absolute atomic E-state index is 10.8. The van der Waals surface area contributed by atoms with Gasteiger partial charge in [0.2, 0.25) is 0 Å². The Morgan fingerprint density at radius 3 is 2.54 bits per heavy atom. The van der Waals surface area contributed by atoms with E-state index in [-0.39, 0.29) is 12.9 Å². The van der Waals surface area contributed by atoms with Gasteiger partial charge in [0.25, 0.3) is 0 Å². The summed E-state index contributed by atoms with van der Waals surface area (Å²) in [5.74, 6) is 0.852. The minimum Gasteiger partial charge on any atom is -0.480 e. The van der Waals surface area contributed by atoms with Gasteiger partial charge in [-0.2, -0.15) is 5.10 Å². The Labute approximate surface area is 247 Å². The molecule has 41 heavy (non-hydrogen) atoms. The number of rotatable bonds is 13. The quantitative estimate of drug-likeness (QED) is 0.172. The van der Waals surface area contributed by atoms with Crippen LogP contribution in [0.2, 0.25) is 0 Å². The van der Waals surface area contributed by atoms with E-state index in [1.807, 2.05) is 0 Å². The van der Waals surface area contributed by atoms with Crippen LogP contribution >= 0.6 is 11.8 Å². The van der Waals surface area contributed by atoms with Gasteiger partial charge in [-0.15, -0.1) is 11.8 Å².